The average molecular weight is 327 g/mol. The van der Waals surface area contributed by atoms with E-state index in [4.69, 9.17) is 9.47 Å². The maximum Gasteiger partial charge on any atom is 0.340 e. The standard InChI is InChI=1S/C19H21NO4/c1-5-11-20-13(3)17(19(22)23-4)16(18(20)21)12-14-7-9-15(10-8-14)24-6-2/h5,7-10,12H,1,6,11H2,2-4H3. The number of allylic oxidation sites excluding steroid dienone is 1. The molecule has 1 aliphatic rings. The highest BCUT2D eigenvalue weighted by atomic mass is 16.5. The van der Waals surface area contributed by atoms with Gasteiger partial charge in [0, 0.05) is 12.2 Å². The van der Waals surface area contributed by atoms with Gasteiger partial charge >= 0.3 is 5.97 Å². The maximum absolute atomic E-state index is 12.6. The first-order valence-corrected chi connectivity index (χ1v) is 7.70. The van der Waals surface area contributed by atoms with Crippen LogP contribution in [0.15, 0.2) is 53.8 Å². The lowest BCUT2D eigenvalue weighted by molar-refractivity contribution is -0.136. The van der Waals surface area contributed by atoms with E-state index in [-0.39, 0.29) is 5.91 Å². The van der Waals surface area contributed by atoms with Crippen molar-refractivity contribution in [1.82, 2.24) is 4.90 Å². The van der Waals surface area contributed by atoms with Crippen LogP contribution in [0.4, 0.5) is 0 Å². The molecule has 0 unspecified atom stereocenters. The maximum atomic E-state index is 12.6. The van der Waals surface area contributed by atoms with Gasteiger partial charge in [-0.3, -0.25) is 4.79 Å². The number of rotatable bonds is 6. The van der Waals surface area contributed by atoms with Gasteiger partial charge in [-0.1, -0.05) is 18.2 Å². The molecule has 1 aliphatic heterocycles. The summed E-state index contributed by atoms with van der Waals surface area (Å²) in [6, 6.07) is 7.33. The van der Waals surface area contributed by atoms with Crippen molar-refractivity contribution in [3.05, 3.63) is 59.3 Å². The van der Waals surface area contributed by atoms with Gasteiger partial charge in [-0.2, -0.15) is 0 Å². The van der Waals surface area contributed by atoms with E-state index in [1.807, 2.05) is 31.2 Å². The Bertz CT molecular complexity index is 713. The van der Waals surface area contributed by atoms with E-state index in [2.05, 4.69) is 6.58 Å². The Morgan fingerprint density at radius 2 is 1.96 bits per heavy atom. The Balaban J connectivity index is 2.43. The molecule has 0 spiro atoms. The molecule has 126 valence electrons. The summed E-state index contributed by atoms with van der Waals surface area (Å²) in [7, 11) is 1.30. The van der Waals surface area contributed by atoms with E-state index in [0.717, 1.165) is 11.3 Å². The van der Waals surface area contributed by atoms with E-state index < -0.39 is 5.97 Å². The lowest BCUT2D eigenvalue weighted by Gasteiger charge is -2.14. The molecule has 0 saturated heterocycles. The highest BCUT2D eigenvalue weighted by Gasteiger charge is 2.36. The molecule has 0 aliphatic carbocycles. The van der Waals surface area contributed by atoms with Gasteiger partial charge in [-0.05, 0) is 37.6 Å². The number of hydrogen-bond donors (Lipinski definition) is 0. The van der Waals surface area contributed by atoms with Crippen molar-refractivity contribution in [1.29, 1.82) is 0 Å². The van der Waals surface area contributed by atoms with Gasteiger partial charge in [-0.25, -0.2) is 4.79 Å². The molecule has 0 fully saturated rings. The largest absolute Gasteiger partial charge is 0.494 e. The zero-order valence-electron chi connectivity index (χ0n) is 14.2. The fraction of sp³-hybridized carbons (Fsp3) is 0.263. The number of nitrogens with zero attached hydrogens (tertiary/aromatic N) is 1. The minimum Gasteiger partial charge on any atom is -0.494 e. The third-order valence-electron chi connectivity index (χ3n) is 3.71. The zero-order valence-corrected chi connectivity index (χ0v) is 14.2. The predicted octanol–water partition coefficient (Wildman–Crippen LogP) is 2.94. The summed E-state index contributed by atoms with van der Waals surface area (Å²) in [6.45, 7) is 8.22. The van der Waals surface area contributed by atoms with Crippen LogP contribution in [0.1, 0.15) is 19.4 Å². The Morgan fingerprint density at radius 1 is 1.29 bits per heavy atom. The number of esters is 1. The summed E-state index contributed by atoms with van der Waals surface area (Å²) in [5, 5.41) is 0. The molecular weight excluding hydrogens is 306 g/mol. The van der Waals surface area contributed by atoms with E-state index in [0.29, 0.717) is 30.0 Å². The number of carbonyl (C=O) groups is 2. The summed E-state index contributed by atoms with van der Waals surface area (Å²) < 4.78 is 10.2. The van der Waals surface area contributed by atoms with Gasteiger partial charge in [0.2, 0.25) is 0 Å². The van der Waals surface area contributed by atoms with E-state index >= 15 is 0 Å². The molecule has 0 N–H and O–H groups in total. The number of carbonyl (C=O) groups excluding carboxylic acids is 2. The molecule has 0 aromatic heterocycles. The third-order valence-corrected chi connectivity index (χ3v) is 3.71. The Labute approximate surface area is 141 Å². The van der Waals surface area contributed by atoms with Gasteiger partial charge in [0.05, 0.1) is 24.9 Å². The smallest absolute Gasteiger partial charge is 0.340 e. The quantitative estimate of drug-likeness (QED) is 0.458. The minimum atomic E-state index is -0.524. The van der Waals surface area contributed by atoms with Crippen LogP contribution in [0.3, 0.4) is 0 Å². The first-order valence-electron chi connectivity index (χ1n) is 7.70. The van der Waals surface area contributed by atoms with Gasteiger partial charge in [-0.15, -0.1) is 6.58 Å². The van der Waals surface area contributed by atoms with Crippen molar-refractivity contribution in [3.8, 4) is 5.75 Å². The first kappa shape index (κ1) is 17.5. The topological polar surface area (TPSA) is 55.8 Å². The highest BCUT2D eigenvalue weighted by Crippen LogP contribution is 2.31. The predicted molar refractivity (Wildman–Crippen MR) is 92.2 cm³/mol. The Hall–Kier alpha value is -2.82. The average Bonchev–Trinajstić information content (AvgIpc) is 2.81. The van der Waals surface area contributed by atoms with Crippen molar-refractivity contribution in [2.75, 3.05) is 20.3 Å². The molecule has 0 radical (unpaired) electrons. The Kier molecular flexibility index (Phi) is 5.58. The van der Waals surface area contributed by atoms with Crippen LogP contribution in [0.2, 0.25) is 0 Å². The minimum absolute atomic E-state index is 0.235. The Morgan fingerprint density at radius 3 is 2.50 bits per heavy atom. The second-order valence-electron chi connectivity index (χ2n) is 5.22. The first-order chi connectivity index (χ1) is 11.5. The molecule has 5 heteroatoms. The fourth-order valence-electron chi connectivity index (χ4n) is 2.57. The molecule has 2 rings (SSSR count). The van der Waals surface area contributed by atoms with Crippen molar-refractivity contribution >= 4 is 18.0 Å². The summed E-state index contributed by atoms with van der Waals surface area (Å²) in [6.07, 6.45) is 3.31. The highest BCUT2D eigenvalue weighted by molar-refractivity contribution is 6.16. The number of ether oxygens (including phenoxy) is 2. The summed E-state index contributed by atoms with van der Waals surface area (Å²) in [4.78, 5) is 26.3. The molecule has 1 amide bonds. The van der Waals surface area contributed by atoms with Gasteiger partial charge in [0.15, 0.2) is 0 Å². The third kappa shape index (κ3) is 3.40. The SMILES string of the molecule is C=CCN1C(=O)C(=Cc2ccc(OCC)cc2)C(C(=O)OC)=C1C. The number of benzene rings is 1. The zero-order chi connectivity index (χ0) is 17.7. The van der Waals surface area contributed by atoms with Crippen molar-refractivity contribution < 1.29 is 19.1 Å². The number of methoxy groups -OCH3 is 1. The molecule has 0 atom stereocenters. The fourth-order valence-corrected chi connectivity index (χ4v) is 2.57. The van der Waals surface area contributed by atoms with Gasteiger partial charge < -0.3 is 14.4 Å². The molecule has 24 heavy (non-hydrogen) atoms. The molecule has 1 heterocycles. The molecular formula is C19H21NO4. The monoisotopic (exact) mass is 327 g/mol. The van der Waals surface area contributed by atoms with Crippen LogP contribution in [0.5, 0.6) is 5.75 Å². The van der Waals surface area contributed by atoms with Crippen LogP contribution in [-0.2, 0) is 14.3 Å². The van der Waals surface area contributed by atoms with Crippen LogP contribution in [-0.4, -0.2) is 37.0 Å². The van der Waals surface area contributed by atoms with E-state index in [1.165, 1.54) is 12.0 Å². The van der Waals surface area contributed by atoms with Gasteiger partial charge in [0.1, 0.15) is 5.75 Å². The number of amides is 1. The summed E-state index contributed by atoms with van der Waals surface area (Å²) >= 11 is 0. The van der Waals surface area contributed by atoms with E-state index in [9.17, 15) is 9.59 Å². The van der Waals surface area contributed by atoms with E-state index in [1.54, 1.807) is 19.1 Å². The van der Waals surface area contributed by atoms with Gasteiger partial charge in [0.25, 0.3) is 5.91 Å². The number of hydrogen-bond acceptors (Lipinski definition) is 4. The lowest BCUT2D eigenvalue weighted by atomic mass is 10.0. The second kappa shape index (κ2) is 7.64. The summed E-state index contributed by atoms with van der Waals surface area (Å²) in [5.74, 6) is -0.00289. The normalized spacial score (nSPS) is 15.9. The van der Waals surface area contributed by atoms with Crippen molar-refractivity contribution in [3.63, 3.8) is 0 Å². The molecule has 1 aromatic rings. The molecule has 5 nitrogen and oxygen atoms in total. The van der Waals surface area contributed by atoms with Crippen LogP contribution in [0.25, 0.3) is 6.08 Å². The molecule has 0 saturated carbocycles. The second-order valence-corrected chi connectivity index (χ2v) is 5.22. The lowest BCUT2D eigenvalue weighted by Crippen LogP contribution is -2.24. The summed E-state index contributed by atoms with van der Waals surface area (Å²) in [5.41, 5.74) is 1.99. The molecule has 0 bridgehead atoms. The van der Waals surface area contributed by atoms with Crippen LogP contribution in [0, 0.1) is 0 Å². The molecule has 1 aromatic carbocycles. The van der Waals surface area contributed by atoms with Crippen molar-refractivity contribution in [2.24, 2.45) is 0 Å². The van der Waals surface area contributed by atoms with Crippen LogP contribution >= 0.6 is 0 Å². The van der Waals surface area contributed by atoms with Crippen molar-refractivity contribution in [2.45, 2.75) is 13.8 Å². The van der Waals surface area contributed by atoms with Crippen LogP contribution < -0.4 is 4.74 Å².